The molecule has 0 amide bonds. The van der Waals surface area contributed by atoms with Crippen LogP contribution in [0, 0.1) is 0 Å². The van der Waals surface area contributed by atoms with E-state index in [-0.39, 0.29) is 0 Å². The smallest absolute Gasteiger partial charge is 0.187 e. The number of hydrogen-bond acceptors (Lipinski definition) is 21. The molecule has 268 valence electrons. The van der Waals surface area contributed by atoms with Gasteiger partial charge in [0.25, 0.3) is 0 Å². The third-order valence-electron chi connectivity index (χ3n) is 8.40. The Hall–Kier alpha value is -0.840. The van der Waals surface area contributed by atoms with Crippen LogP contribution in [0.15, 0.2) is 0 Å². The van der Waals surface area contributed by atoms with Gasteiger partial charge in [-0.2, -0.15) is 0 Å². The summed E-state index contributed by atoms with van der Waals surface area (Å²) in [6.07, 6.45) is -33.0. The first kappa shape index (κ1) is 36.4. The maximum absolute atomic E-state index is 10.6. The Balaban J connectivity index is 1.45. The van der Waals surface area contributed by atoms with E-state index in [0.717, 1.165) is 0 Å². The van der Waals surface area contributed by atoms with Crippen molar-refractivity contribution in [2.24, 2.45) is 0 Å². The van der Waals surface area contributed by atoms with Gasteiger partial charge in [-0.25, -0.2) is 0 Å². The molecule has 0 saturated carbocycles. The predicted molar refractivity (Wildman–Crippen MR) is 136 cm³/mol. The first-order valence-corrected chi connectivity index (χ1v) is 14.6. The Morgan fingerprint density at radius 2 is 0.717 bits per heavy atom. The second kappa shape index (κ2) is 15.4. The molecule has 12 N–H and O–H groups in total. The van der Waals surface area contributed by atoms with Crippen molar-refractivity contribution >= 4 is 0 Å². The highest BCUT2D eigenvalue weighted by Crippen LogP contribution is 2.34. The lowest BCUT2D eigenvalue weighted by atomic mass is 10.00. The Morgan fingerprint density at radius 3 is 1.22 bits per heavy atom. The average Bonchev–Trinajstić information content (AvgIpc) is 3.03. The summed E-state index contributed by atoms with van der Waals surface area (Å²) < 4.78 is 50.6. The second-order valence-corrected chi connectivity index (χ2v) is 11.7. The molecule has 21 heteroatoms. The van der Waals surface area contributed by atoms with E-state index in [1.54, 1.807) is 0 Å². The summed E-state index contributed by atoms with van der Waals surface area (Å²) in [4.78, 5) is 0. The highest BCUT2D eigenvalue weighted by molar-refractivity contribution is 4.95. The van der Waals surface area contributed by atoms with Crippen molar-refractivity contribution in [2.45, 2.75) is 123 Å². The van der Waals surface area contributed by atoms with Crippen molar-refractivity contribution < 1.29 is 104 Å². The van der Waals surface area contributed by atoms with Crippen LogP contribution in [0.25, 0.3) is 0 Å². The third kappa shape index (κ3) is 7.65. The van der Waals surface area contributed by atoms with E-state index in [4.69, 9.17) is 42.6 Å². The Kier molecular flexibility index (Phi) is 12.2. The lowest BCUT2D eigenvalue weighted by Crippen LogP contribution is -2.66. The average molecular weight is 679 g/mol. The minimum Gasteiger partial charge on any atom is -0.388 e. The fourth-order valence-corrected chi connectivity index (χ4v) is 5.54. The van der Waals surface area contributed by atoms with Crippen LogP contribution in [-0.4, -0.2) is 217 Å². The van der Waals surface area contributed by atoms with Gasteiger partial charge in [-0.05, 0) is 0 Å². The zero-order valence-electron chi connectivity index (χ0n) is 24.1. The van der Waals surface area contributed by atoms with Crippen molar-refractivity contribution in [1.29, 1.82) is 0 Å². The Morgan fingerprint density at radius 1 is 0.326 bits per heavy atom. The summed E-state index contributed by atoms with van der Waals surface area (Å²) in [6, 6.07) is 0. The van der Waals surface area contributed by atoms with Crippen LogP contribution in [0.5, 0.6) is 0 Å². The van der Waals surface area contributed by atoms with Gasteiger partial charge in [0.1, 0.15) is 91.6 Å². The number of hydrogen-bond donors (Lipinski definition) is 12. The third-order valence-corrected chi connectivity index (χ3v) is 8.40. The molecular weight excluding hydrogens is 636 g/mol. The quantitative estimate of drug-likeness (QED) is 0.113. The second-order valence-electron chi connectivity index (χ2n) is 11.7. The minimum atomic E-state index is -1.86. The van der Waals surface area contributed by atoms with Gasteiger partial charge >= 0.3 is 0 Å². The van der Waals surface area contributed by atoms with Gasteiger partial charge in [-0.1, -0.05) is 0 Å². The maximum Gasteiger partial charge on any atom is 0.187 e. The molecule has 5 aliphatic rings. The number of rotatable bonds is 8. The standard InChI is InChI=1S/C25H42O21/c26-6-1-39-22(16(34)11(6)29)44-10-5-42-25(43-9-4-38-21(37)15(33)14(9)32)20(46-24-18(36)13(31)8(28)3-41-24)19(10)45-23-17(35)12(30)7(27)2-40-23/h6-37H,1-5H2/t6-,7+,8+,9-,10-,11+,12+,13+,14+,15-,16-,17-,18-,19+,20-,21-,22+,23+,24+,25+/m1/s1. The van der Waals surface area contributed by atoms with Gasteiger partial charge in [0.15, 0.2) is 31.5 Å². The van der Waals surface area contributed by atoms with Crippen LogP contribution in [-0.2, 0) is 42.6 Å². The van der Waals surface area contributed by atoms with Gasteiger partial charge in [-0.15, -0.1) is 0 Å². The molecule has 0 radical (unpaired) electrons. The van der Waals surface area contributed by atoms with Crippen molar-refractivity contribution in [2.75, 3.05) is 33.0 Å². The van der Waals surface area contributed by atoms with E-state index in [9.17, 15) is 61.3 Å². The van der Waals surface area contributed by atoms with E-state index < -0.39 is 156 Å². The summed E-state index contributed by atoms with van der Waals surface area (Å²) in [5.41, 5.74) is 0. The van der Waals surface area contributed by atoms with Gasteiger partial charge < -0.3 is 104 Å². The predicted octanol–water partition coefficient (Wildman–Crippen LogP) is -8.73. The van der Waals surface area contributed by atoms with Crippen LogP contribution in [0.1, 0.15) is 0 Å². The summed E-state index contributed by atoms with van der Waals surface area (Å²) in [5, 5.41) is 122. The molecule has 5 fully saturated rings. The monoisotopic (exact) mass is 678 g/mol. The van der Waals surface area contributed by atoms with E-state index in [1.165, 1.54) is 0 Å². The number of ether oxygens (including phenoxy) is 9. The summed E-state index contributed by atoms with van der Waals surface area (Å²) in [5.74, 6) is 0. The maximum atomic E-state index is 10.6. The first-order valence-electron chi connectivity index (χ1n) is 14.6. The molecule has 0 aromatic heterocycles. The first-order chi connectivity index (χ1) is 21.8. The molecule has 20 atom stereocenters. The van der Waals surface area contributed by atoms with E-state index >= 15 is 0 Å². The normalized spacial score (nSPS) is 54.0. The fourth-order valence-electron chi connectivity index (χ4n) is 5.54. The van der Waals surface area contributed by atoms with Crippen LogP contribution in [0.3, 0.4) is 0 Å². The zero-order chi connectivity index (χ0) is 33.4. The summed E-state index contributed by atoms with van der Waals surface area (Å²) in [6.45, 7) is -2.39. The molecule has 5 rings (SSSR count). The van der Waals surface area contributed by atoms with Gasteiger partial charge in [0, 0.05) is 0 Å². The van der Waals surface area contributed by atoms with E-state index in [2.05, 4.69) is 0 Å². The topological polar surface area (TPSA) is 326 Å². The number of aliphatic hydroxyl groups is 12. The Bertz CT molecular complexity index is 891. The molecule has 0 aromatic carbocycles. The van der Waals surface area contributed by atoms with Gasteiger partial charge in [0.2, 0.25) is 0 Å². The van der Waals surface area contributed by atoms with E-state index in [1.807, 2.05) is 0 Å². The number of aliphatic hydroxyl groups excluding tert-OH is 12. The molecule has 5 heterocycles. The van der Waals surface area contributed by atoms with Crippen LogP contribution < -0.4 is 0 Å². The summed E-state index contributed by atoms with van der Waals surface area (Å²) >= 11 is 0. The molecule has 0 bridgehead atoms. The van der Waals surface area contributed by atoms with Crippen LogP contribution in [0.4, 0.5) is 0 Å². The highest BCUT2D eigenvalue weighted by Gasteiger charge is 2.53. The Labute approximate surface area is 260 Å². The van der Waals surface area contributed by atoms with Crippen LogP contribution in [0.2, 0.25) is 0 Å². The molecule has 5 saturated heterocycles. The van der Waals surface area contributed by atoms with Crippen molar-refractivity contribution in [3.8, 4) is 0 Å². The molecule has 0 aromatic rings. The van der Waals surface area contributed by atoms with Gasteiger partial charge in [0.05, 0.1) is 33.0 Å². The van der Waals surface area contributed by atoms with Crippen molar-refractivity contribution in [1.82, 2.24) is 0 Å². The van der Waals surface area contributed by atoms with Crippen molar-refractivity contribution in [3.63, 3.8) is 0 Å². The molecule has 0 spiro atoms. The lowest BCUT2D eigenvalue weighted by molar-refractivity contribution is -0.394. The van der Waals surface area contributed by atoms with Crippen LogP contribution >= 0.6 is 0 Å². The molecular formula is C25H42O21. The fraction of sp³-hybridized carbons (Fsp3) is 1.00. The SMILES string of the molecule is O[C@@H]1[C@@H](O)[C@H](O[C@@H]2CO[C@@H](O[C@@H]3CO[C@@H](O)[C@H](O)[C@H]3O)[C@H](O[C@@H]3OC[C@H](O)[C@H](O)[C@H]3O)[C@H]2O[C@@H]2OC[C@H](O)[C@H](O)[C@H]2O)OC[C@H]1O. The minimum absolute atomic E-state index is 0.446. The molecule has 5 aliphatic heterocycles. The zero-order valence-corrected chi connectivity index (χ0v) is 24.1. The summed E-state index contributed by atoms with van der Waals surface area (Å²) in [7, 11) is 0. The largest absolute Gasteiger partial charge is 0.388 e. The highest BCUT2D eigenvalue weighted by atomic mass is 16.8. The molecule has 0 aliphatic carbocycles. The molecule has 46 heavy (non-hydrogen) atoms. The molecule has 0 unspecified atom stereocenters. The molecule has 21 nitrogen and oxygen atoms in total. The van der Waals surface area contributed by atoms with E-state index in [0.29, 0.717) is 0 Å². The van der Waals surface area contributed by atoms with Gasteiger partial charge in [-0.3, -0.25) is 0 Å². The lowest BCUT2D eigenvalue weighted by Gasteiger charge is -2.48. The van der Waals surface area contributed by atoms with Crippen molar-refractivity contribution in [3.05, 3.63) is 0 Å².